The lowest BCUT2D eigenvalue weighted by Crippen LogP contribution is -2.49. The Morgan fingerprint density at radius 1 is 1.15 bits per heavy atom. The van der Waals surface area contributed by atoms with E-state index in [0.29, 0.717) is 17.6 Å². The number of ether oxygens (including phenoxy) is 1. The number of Topliss-reactive ketones (excluding diaryl/α,β-unsaturated/α-hetero) is 1. The number of hydrogen-bond acceptors (Lipinski definition) is 3. The molecule has 2 rings (SSSR count). The first-order chi connectivity index (χ1) is 9.19. The largest absolute Gasteiger partial charge is 0.444 e. The maximum atomic E-state index is 12.4. The fourth-order valence-electron chi connectivity index (χ4n) is 3.74. The van der Waals surface area contributed by atoms with Crippen molar-refractivity contribution in [2.45, 2.75) is 65.5 Å². The summed E-state index contributed by atoms with van der Waals surface area (Å²) in [5.74, 6) is 1.21. The van der Waals surface area contributed by atoms with E-state index in [-0.39, 0.29) is 17.9 Å². The number of ketones is 1. The van der Waals surface area contributed by atoms with Gasteiger partial charge in [0.1, 0.15) is 11.4 Å². The van der Waals surface area contributed by atoms with E-state index >= 15 is 0 Å². The zero-order chi connectivity index (χ0) is 15.1. The third-order valence-corrected chi connectivity index (χ3v) is 4.50. The van der Waals surface area contributed by atoms with Crippen LogP contribution < -0.4 is 5.32 Å². The average Bonchev–Trinajstić information content (AvgIpc) is 2.85. The van der Waals surface area contributed by atoms with Crippen LogP contribution in [-0.2, 0) is 9.53 Å². The third-order valence-electron chi connectivity index (χ3n) is 4.50. The predicted molar refractivity (Wildman–Crippen MR) is 77.3 cm³/mol. The normalized spacial score (nSPS) is 32.5. The van der Waals surface area contributed by atoms with Crippen molar-refractivity contribution in [1.29, 1.82) is 0 Å². The highest BCUT2D eigenvalue weighted by Crippen LogP contribution is 2.49. The number of carbonyl (C=O) groups is 2. The van der Waals surface area contributed by atoms with Crippen LogP contribution in [0.4, 0.5) is 4.79 Å². The molecule has 1 N–H and O–H groups in total. The van der Waals surface area contributed by atoms with Gasteiger partial charge >= 0.3 is 6.09 Å². The summed E-state index contributed by atoms with van der Waals surface area (Å²) >= 11 is 0. The summed E-state index contributed by atoms with van der Waals surface area (Å²) in [4.78, 5) is 24.4. The summed E-state index contributed by atoms with van der Waals surface area (Å²) in [6.45, 7) is 9.44. The van der Waals surface area contributed by atoms with Crippen molar-refractivity contribution in [1.82, 2.24) is 5.32 Å². The Morgan fingerprint density at radius 3 is 2.30 bits per heavy atom. The Labute approximate surface area is 121 Å². The highest BCUT2D eigenvalue weighted by molar-refractivity contribution is 5.85. The molecule has 2 aliphatic carbocycles. The third kappa shape index (κ3) is 3.15. The van der Waals surface area contributed by atoms with Crippen molar-refractivity contribution >= 4 is 11.9 Å². The molecule has 2 fully saturated rings. The summed E-state index contributed by atoms with van der Waals surface area (Å²) in [7, 11) is 0. The van der Waals surface area contributed by atoms with Gasteiger partial charge in [0.15, 0.2) is 0 Å². The molecule has 0 radical (unpaired) electrons. The van der Waals surface area contributed by atoms with E-state index in [4.69, 9.17) is 4.74 Å². The Balaban J connectivity index is 2.05. The summed E-state index contributed by atoms with van der Waals surface area (Å²) in [5.41, 5.74) is -0.501. The van der Waals surface area contributed by atoms with E-state index in [1.165, 1.54) is 0 Å². The van der Waals surface area contributed by atoms with E-state index in [0.717, 1.165) is 19.3 Å². The molecule has 0 unspecified atom stereocenters. The summed E-state index contributed by atoms with van der Waals surface area (Å²) < 4.78 is 5.33. The lowest BCUT2D eigenvalue weighted by atomic mass is 9.78. The van der Waals surface area contributed by atoms with Gasteiger partial charge in [-0.1, -0.05) is 13.8 Å². The molecule has 2 saturated carbocycles. The lowest BCUT2D eigenvalue weighted by molar-refractivity contribution is -0.128. The quantitative estimate of drug-likeness (QED) is 0.864. The van der Waals surface area contributed by atoms with Crippen molar-refractivity contribution in [2.24, 2.45) is 23.7 Å². The standard InChI is InChI=1S/C16H27NO3/c1-9(2)14(18)12-10-6-7-11(8-10)13(12)17-15(19)20-16(3,4)5/h9-13H,6-8H2,1-5H3,(H,17,19)/t10-,11+,12-,13+/m1/s1. The molecular formula is C16H27NO3. The number of rotatable bonds is 3. The van der Waals surface area contributed by atoms with Gasteiger partial charge in [-0.25, -0.2) is 4.79 Å². The molecule has 4 heteroatoms. The molecule has 0 aromatic carbocycles. The number of amides is 1. The van der Waals surface area contributed by atoms with Gasteiger partial charge in [-0.15, -0.1) is 0 Å². The van der Waals surface area contributed by atoms with Crippen LogP contribution in [0.15, 0.2) is 0 Å². The predicted octanol–water partition coefficient (Wildman–Crippen LogP) is 3.15. The fraction of sp³-hybridized carbons (Fsp3) is 0.875. The van der Waals surface area contributed by atoms with Crippen molar-refractivity contribution < 1.29 is 14.3 Å². The highest BCUT2D eigenvalue weighted by atomic mass is 16.6. The second-order valence-electron chi connectivity index (χ2n) is 7.59. The smallest absolute Gasteiger partial charge is 0.407 e. The number of nitrogens with one attached hydrogen (secondary N) is 1. The number of hydrogen-bond donors (Lipinski definition) is 1. The number of fused-ring (bicyclic) bond motifs is 2. The number of carbonyl (C=O) groups excluding carboxylic acids is 2. The second kappa shape index (κ2) is 5.38. The SMILES string of the molecule is CC(C)C(=O)[C@@H]1[C@@H]2CC[C@@H](C2)[C@@H]1NC(=O)OC(C)(C)C. The molecule has 0 aromatic rings. The number of alkyl carbamates (subject to hydrolysis) is 1. The summed E-state index contributed by atoms with van der Waals surface area (Å²) in [6, 6.07) is -0.0292. The molecule has 4 nitrogen and oxygen atoms in total. The molecule has 0 aliphatic heterocycles. The van der Waals surface area contributed by atoms with Gasteiger partial charge in [0.2, 0.25) is 0 Å². The van der Waals surface area contributed by atoms with Gasteiger partial charge in [0.05, 0.1) is 0 Å². The molecule has 0 heterocycles. The van der Waals surface area contributed by atoms with Crippen LogP contribution in [0, 0.1) is 23.7 Å². The van der Waals surface area contributed by atoms with E-state index in [1.54, 1.807) is 0 Å². The second-order valence-corrected chi connectivity index (χ2v) is 7.59. The van der Waals surface area contributed by atoms with E-state index < -0.39 is 11.7 Å². The first kappa shape index (κ1) is 15.3. The molecule has 2 bridgehead atoms. The van der Waals surface area contributed by atoms with Crippen LogP contribution >= 0.6 is 0 Å². The molecule has 2 aliphatic rings. The van der Waals surface area contributed by atoms with Gasteiger partial charge in [0, 0.05) is 17.9 Å². The van der Waals surface area contributed by atoms with Crippen molar-refractivity contribution in [3.05, 3.63) is 0 Å². The average molecular weight is 281 g/mol. The molecule has 114 valence electrons. The van der Waals surface area contributed by atoms with E-state index in [1.807, 2.05) is 34.6 Å². The molecule has 1 amide bonds. The summed E-state index contributed by atoms with van der Waals surface area (Å²) in [6.07, 6.45) is 2.92. The maximum absolute atomic E-state index is 12.4. The van der Waals surface area contributed by atoms with Gasteiger partial charge in [-0.3, -0.25) is 4.79 Å². The Bertz CT molecular complexity index is 397. The fourth-order valence-corrected chi connectivity index (χ4v) is 3.74. The first-order valence-corrected chi connectivity index (χ1v) is 7.72. The van der Waals surface area contributed by atoms with Gasteiger partial charge in [0.25, 0.3) is 0 Å². The Kier molecular flexibility index (Phi) is 4.12. The van der Waals surface area contributed by atoms with Crippen LogP contribution in [0.3, 0.4) is 0 Å². The van der Waals surface area contributed by atoms with Crippen LogP contribution in [0.5, 0.6) is 0 Å². The summed E-state index contributed by atoms with van der Waals surface area (Å²) in [5, 5.41) is 2.97. The Morgan fingerprint density at radius 2 is 1.75 bits per heavy atom. The zero-order valence-corrected chi connectivity index (χ0v) is 13.2. The monoisotopic (exact) mass is 281 g/mol. The lowest BCUT2D eigenvalue weighted by Gasteiger charge is -2.32. The van der Waals surface area contributed by atoms with Crippen LogP contribution in [0.2, 0.25) is 0 Å². The van der Waals surface area contributed by atoms with Crippen LogP contribution in [0.1, 0.15) is 53.9 Å². The molecule has 0 spiro atoms. The van der Waals surface area contributed by atoms with Crippen LogP contribution in [0.25, 0.3) is 0 Å². The highest BCUT2D eigenvalue weighted by Gasteiger charge is 2.51. The van der Waals surface area contributed by atoms with Crippen molar-refractivity contribution in [3.63, 3.8) is 0 Å². The van der Waals surface area contributed by atoms with Gasteiger partial charge < -0.3 is 10.1 Å². The van der Waals surface area contributed by atoms with Crippen LogP contribution in [-0.4, -0.2) is 23.5 Å². The minimum Gasteiger partial charge on any atom is -0.444 e. The topological polar surface area (TPSA) is 55.4 Å². The molecule has 0 saturated heterocycles. The molecular weight excluding hydrogens is 254 g/mol. The van der Waals surface area contributed by atoms with Crippen molar-refractivity contribution in [3.8, 4) is 0 Å². The van der Waals surface area contributed by atoms with E-state index in [9.17, 15) is 9.59 Å². The van der Waals surface area contributed by atoms with Gasteiger partial charge in [-0.2, -0.15) is 0 Å². The maximum Gasteiger partial charge on any atom is 0.407 e. The van der Waals surface area contributed by atoms with E-state index in [2.05, 4.69) is 5.32 Å². The first-order valence-electron chi connectivity index (χ1n) is 7.72. The minimum atomic E-state index is -0.501. The van der Waals surface area contributed by atoms with Gasteiger partial charge in [-0.05, 0) is 51.9 Å². The molecule has 4 atom stereocenters. The Hall–Kier alpha value is -1.06. The minimum absolute atomic E-state index is 0.0127. The zero-order valence-electron chi connectivity index (χ0n) is 13.2. The van der Waals surface area contributed by atoms with Crippen molar-refractivity contribution in [2.75, 3.05) is 0 Å². The molecule has 20 heavy (non-hydrogen) atoms. The molecule has 0 aromatic heterocycles.